The molecule has 2 aromatic carbocycles. The van der Waals surface area contributed by atoms with E-state index >= 15 is 0 Å². The Kier molecular flexibility index (Phi) is 5.56. The van der Waals surface area contributed by atoms with Gasteiger partial charge < -0.3 is 19.5 Å². The van der Waals surface area contributed by atoms with Crippen LogP contribution in [-0.4, -0.2) is 32.3 Å². The highest BCUT2D eigenvalue weighted by Crippen LogP contribution is 2.36. The Morgan fingerprint density at radius 2 is 1.64 bits per heavy atom. The van der Waals surface area contributed by atoms with Crippen molar-refractivity contribution in [2.45, 2.75) is 13.8 Å². The molecule has 0 saturated carbocycles. The van der Waals surface area contributed by atoms with Gasteiger partial charge in [0.1, 0.15) is 11.4 Å². The topological polar surface area (TPSA) is 60.0 Å². The lowest BCUT2D eigenvalue weighted by molar-refractivity contribution is -0.113. The molecule has 0 aromatic heterocycles. The number of aryl methyl sites for hydroxylation is 1. The monoisotopic (exact) mass is 398 g/mol. The smallest absolute Gasteiger partial charge is 0.281 e. The summed E-state index contributed by atoms with van der Waals surface area (Å²) in [7, 11) is 4.66. The number of amides is 1. The van der Waals surface area contributed by atoms with Crippen LogP contribution in [0, 0.1) is 13.8 Å². The van der Waals surface area contributed by atoms with Crippen LogP contribution in [0.25, 0.3) is 6.08 Å². The van der Waals surface area contributed by atoms with Gasteiger partial charge in [0.25, 0.3) is 5.91 Å². The highest BCUT2D eigenvalue weighted by molar-refractivity contribution is 7.80. The second-order valence-electron chi connectivity index (χ2n) is 6.30. The maximum absolute atomic E-state index is 13.1. The van der Waals surface area contributed by atoms with Gasteiger partial charge >= 0.3 is 0 Å². The molecular formula is C21H22N2O4S. The second kappa shape index (κ2) is 7.90. The Hall–Kier alpha value is -3.06. The lowest BCUT2D eigenvalue weighted by atomic mass is 10.1. The Bertz CT molecular complexity index is 985. The zero-order chi connectivity index (χ0) is 20.4. The molecule has 3 rings (SSSR count). The second-order valence-corrected chi connectivity index (χ2v) is 6.68. The molecule has 1 N–H and O–H groups in total. The number of nitrogens with one attached hydrogen (secondary N) is 1. The van der Waals surface area contributed by atoms with Crippen molar-refractivity contribution in [2.24, 2.45) is 0 Å². The summed E-state index contributed by atoms with van der Waals surface area (Å²) in [6, 6.07) is 9.26. The minimum atomic E-state index is -0.226. The van der Waals surface area contributed by atoms with E-state index in [2.05, 4.69) is 5.32 Å². The van der Waals surface area contributed by atoms with Crippen molar-refractivity contribution in [2.75, 3.05) is 26.2 Å². The Labute approximate surface area is 169 Å². The van der Waals surface area contributed by atoms with Crippen LogP contribution in [-0.2, 0) is 4.79 Å². The third-order valence-corrected chi connectivity index (χ3v) is 5.02. The normalized spacial score (nSPS) is 15.0. The van der Waals surface area contributed by atoms with Gasteiger partial charge in [0.2, 0.25) is 0 Å². The molecule has 1 saturated heterocycles. The van der Waals surface area contributed by atoms with Gasteiger partial charge in [-0.25, -0.2) is 0 Å². The largest absolute Gasteiger partial charge is 0.496 e. The van der Waals surface area contributed by atoms with Gasteiger partial charge in [-0.2, -0.15) is 0 Å². The van der Waals surface area contributed by atoms with Crippen molar-refractivity contribution in [3.05, 3.63) is 52.7 Å². The third kappa shape index (κ3) is 3.41. The Balaban J connectivity index is 2.04. The predicted molar refractivity (Wildman–Crippen MR) is 113 cm³/mol. The maximum atomic E-state index is 13.1. The minimum Gasteiger partial charge on any atom is -0.496 e. The van der Waals surface area contributed by atoms with Crippen molar-refractivity contribution in [1.29, 1.82) is 0 Å². The van der Waals surface area contributed by atoms with Crippen LogP contribution in [0.3, 0.4) is 0 Å². The molecule has 0 unspecified atom stereocenters. The number of carbonyl (C=O) groups is 1. The summed E-state index contributed by atoms with van der Waals surface area (Å²) >= 11 is 5.42. The molecule has 0 radical (unpaired) electrons. The van der Waals surface area contributed by atoms with Gasteiger partial charge in [-0.15, -0.1) is 0 Å². The zero-order valence-corrected chi connectivity index (χ0v) is 17.3. The fourth-order valence-electron chi connectivity index (χ4n) is 3.05. The first kappa shape index (κ1) is 19.7. The van der Waals surface area contributed by atoms with Crippen LogP contribution in [0.15, 0.2) is 36.0 Å². The number of methoxy groups -OCH3 is 3. The van der Waals surface area contributed by atoms with Gasteiger partial charge in [0.15, 0.2) is 16.6 Å². The minimum absolute atomic E-state index is 0.226. The van der Waals surface area contributed by atoms with E-state index in [0.29, 0.717) is 33.6 Å². The van der Waals surface area contributed by atoms with Gasteiger partial charge in [-0.3, -0.25) is 9.69 Å². The lowest BCUT2D eigenvalue weighted by Gasteiger charge is -2.18. The van der Waals surface area contributed by atoms with Gasteiger partial charge in [-0.05, 0) is 55.4 Å². The first-order valence-corrected chi connectivity index (χ1v) is 9.05. The molecule has 6 nitrogen and oxygen atoms in total. The Morgan fingerprint density at radius 1 is 1.00 bits per heavy atom. The summed E-state index contributed by atoms with van der Waals surface area (Å²) in [6.45, 7) is 3.97. The van der Waals surface area contributed by atoms with Gasteiger partial charge in [0.05, 0.1) is 27.0 Å². The molecule has 1 aliphatic rings. The molecule has 0 atom stereocenters. The van der Waals surface area contributed by atoms with E-state index in [1.165, 1.54) is 4.90 Å². The average molecular weight is 398 g/mol. The highest BCUT2D eigenvalue weighted by atomic mass is 32.1. The Morgan fingerprint density at radius 3 is 2.29 bits per heavy atom. The number of hydrogen-bond acceptors (Lipinski definition) is 5. The summed E-state index contributed by atoms with van der Waals surface area (Å²) in [5.41, 5.74) is 3.89. The van der Waals surface area contributed by atoms with Crippen molar-refractivity contribution < 1.29 is 19.0 Å². The number of thiocarbonyl (C=S) groups is 1. The molecule has 2 aromatic rings. The van der Waals surface area contributed by atoms with E-state index < -0.39 is 0 Å². The quantitative estimate of drug-likeness (QED) is 0.614. The molecule has 7 heteroatoms. The van der Waals surface area contributed by atoms with Crippen LogP contribution < -0.4 is 24.4 Å². The van der Waals surface area contributed by atoms with Crippen molar-refractivity contribution in [3.8, 4) is 17.2 Å². The van der Waals surface area contributed by atoms with Crippen molar-refractivity contribution in [3.63, 3.8) is 0 Å². The molecule has 0 spiro atoms. The van der Waals surface area contributed by atoms with E-state index in [-0.39, 0.29) is 5.91 Å². The molecule has 0 bridgehead atoms. The SMILES string of the molecule is COc1cc(OC)c(OC)cc1/C=C1\NC(=S)N(c2cccc(C)c2C)C1=O. The highest BCUT2D eigenvalue weighted by Gasteiger charge is 2.33. The number of benzene rings is 2. The average Bonchev–Trinajstić information content (AvgIpc) is 2.97. The zero-order valence-electron chi connectivity index (χ0n) is 16.5. The van der Waals surface area contributed by atoms with Crippen LogP contribution in [0.2, 0.25) is 0 Å². The number of hydrogen-bond donors (Lipinski definition) is 1. The maximum Gasteiger partial charge on any atom is 0.281 e. The van der Waals surface area contributed by atoms with Crippen molar-refractivity contribution in [1.82, 2.24) is 5.32 Å². The molecular weight excluding hydrogens is 376 g/mol. The summed E-state index contributed by atoms with van der Waals surface area (Å²) in [5, 5.41) is 3.34. The fourth-order valence-corrected chi connectivity index (χ4v) is 3.34. The molecule has 28 heavy (non-hydrogen) atoms. The van der Waals surface area contributed by atoms with Gasteiger partial charge in [-0.1, -0.05) is 12.1 Å². The summed E-state index contributed by atoms with van der Waals surface area (Å²) in [5.74, 6) is 1.40. The number of nitrogens with zero attached hydrogens (tertiary/aromatic N) is 1. The fraction of sp³-hybridized carbons (Fsp3) is 0.238. The van der Waals surface area contributed by atoms with Crippen LogP contribution in [0.4, 0.5) is 5.69 Å². The summed E-state index contributed by atoms with van der Waals surface area (Å²) in [6.07, 6.45) is 1.69. The van der Waals surface area contributed by atoms with E-state index in [1.54, 1.807) is 39.5 Å². The van der Waals surface area contributed by atoms with Crippen LogP contribution in [0.5, 0.6) is 17.2 Å². The standard InChI is InChI=1S/C21H22N2O4S/c1-12-7-6-8-16(13(12)2)23-20(24)15(22-21(23)28)9-14-10-18(26-4)19(27-5)11-17(14)25-3/h6-11H,1-5H3,(H,22,28)/b15-9-. The first-order chi connectivity index (χ1) is 13.4. The predicted octanol–water partition coefficient (Wildman–Crippen LogP) is 3.59. The molecule has 0 aliphatic carbocycles. The number of rotatable bonds is 5. The molecule has 1 heterocycles. The van der Waals surface area contributed by atoms with E-state index in [4.69, 9.17) is 26.4 Å². The number of ether oxygens (including phenoxy) is 3. The molecule has 1 aliphatic heterocycles. The summed E-state index contributed by atoms with van der Waals surface area (Å²) in [4.78, 5) is 14.6. The van der Waals surface area contributed by atoms with Crippen LogP contribution >= 0.6 is 12.2 Å². The van der Waals surface area contributed by atoms with E-state index in [1.807, 2.05) is 32.0 Å². The third-order valence-electron chi connectivity index (χ3n) is 4.73. The molecule has 1 amide bonds. The summed E-state index contributed by atoms with van der Waals surface area (Å²) < 4.78 is 16.1. The first-order valence-electron chi connectivity index (χ1n) is 8.64. The molecule has 1 fully saturated rings. The number of carbonyl (C=O) groups excluding carboxylic acids is 1. The molecule has 146 valence electrons. The lowest BCUT2D eigenvalue weighted by Crippen LogP contribution is -2.31. The van der Waals surface area contributed by atoms with Gasteiger partial charge in [0, 0.05) is 11.6 Å². The number of anilines is 1. The van der Waals surface area contributed by atoms with E-state index in [0.717, 1.165) is 16.8 Å². The van der Waals surface area contributed by atoms with Crippen LogP contribution in [0.1, 0.15) is 16.7 Å². The van der Waals surface area contributed by atoms with E-state index in [9.17, 15) is 4.79 Å². The van der Waals surface area contributed by atoms with Crippen molar-refractivity contribution >= 4 is 35.0 Å².